The molecule has 2 N–H and O–H groups in total. The van der Waals surface area contributed by atoms with Crippen molar-refractivity contribution in [3.63, 3.8) is 0 Å². The minimum Gasteiger partial charge on any atom is -0.391 e. The van der Waals surface area contributed by atoms with Gasteiger partial charge in [0.25, 0.3) is 0 Å². The number of hydrogen-bond donors (Lipinski definition) is 2. The molecule has 14 heavy (non-hydrogen) atoms. The van der Waals surface area contributed by atoms with Gasteiger partial charge in [-0.25, -0.2) is 0 Å². The number of hydrogen-bond acceptors (Lipinski definition) is 4. The molecule has 2 saturated heterocycles. The molecule has 3 unspecified atom stereocenters. The first-order chi connectivity index (χ1) is 6.64. The molecule has 2 aliphatic heterocycles. The number of aliphatic hydroxyl groups is 2. The summed E-state index contributed by atoms with van der Waals surface area (Å²) in [5.74, 6) is -0.141. The van der Waals surface area contributed by atoms with Crippen molar-refractivity contribution in [2.24, 2.45) is 11.8 Å². The summed E-state index contributed by atoms with van der Waals surface area (Å²) < 4.78 is 10.7. The Morgan fingerprint density at radius 1 is 1.36 bits per heavy atom. The highest BCUT2D eigenvalue weighted by Crippen LogP contribution is 2.53. The predicted molar refractivity (Wildman–Crippen MR) is 47.9 cm³/mol. The Morgan fingerprint density at radius 2 is 2.14 bits per heavy atom. The van der Waals surface area contributed by atoms with Gasteiger partial charge in [0.15, 0.2) is 6.29 Å². The van der Waals surface area contributed by atoms with Gasteiger partial charge < -0.3 is 19.7 Å². The molecule has 3 fully saturated rings. The third-order valence-electron chi connectivity index (χ3n) is 3.76. The van der Waals surface area contributed by atoms with E-state index in [9.17, 15) is 10.2 Å². The van der Waals surface area contributed by atoms with Crippen LogP contribution in [0.15, 0.2) is 0 Å². The number of halogens is 1. The van der Waals surface area contributed by atoms with E-state index in [0.717, 1.165) is 6.42 Å². The normalized spacial score (nSPS) is 61.5. The number of rotatable bonds is 0. The molecule has 0 aromatic carbocycles. The maximum Gasteiger partial charge on any atom is 0.163 e. The van der Waals surface area contributed by atoms with Crippen LogP contribution in [0.1, 0.15) is 6.42 Å². The van der Waals surface area contributed by atoms with Crippen molar-refractivity contribution in [2.45, 2.75) is 29.8 Å². The molecule has 4 nitrogen and oxygen atoms in total. The molecular formula is C9H13ClO4. The van der Waals surface area contributed by atoms with Gasteiger partial charge in [0.2, 0.25) is 0 Å². The summed E-state index contributed by atoms with van der Waals surface area (Å²) in [7, 11) is 0. The van der Waals surface area contributed by atoms with Gasteiger partial charge in [-0.05, 0) is 12.3 Å². The highest BCUT2D eigenvalue weighted by molar-refractivity contribution is 6.22. The second-order valence-corrected chi connectivity index (χ2v) is 4.88. The summed E-state index contributed by atoms with van der Waals surface area (Å²) in [6.45, 7) is 0.743. The van der Waals surface area contributed by atoms with E-state index in [1.807, 2.05) is 0 Å². The first kappa shape index (κ1) is 9.36. The standard InChI is InChI=1S/C9H13ClO4/c10-7-6(11)4-1-2-13-8-5(4)9(7,12)3-14-8/h4-8,11-12H,1-3H2/t4?,5?,6-,7-,8?,9-/m1/s1. The average molecular weight is 221 g/mol. The van der Waals surface area contributed by atoms with Crippen LogP contribution in [-0.2, 0) is 9.47 Å². The fourth-order valence-electron chi connectivity index (χ4n) is 3.03. The third-order valence-corrected chi connectivity index (χ3v) is 4.40. The fourth-order valence-corrected chi connectivity index (χ4v) is 3.43. The zero-order chi connectivity index (χ0) is 9.92. The first-order valence-electron chi connectivity index (χ1n) is 4.92. The van der Waals surface area contributed by atoms with Gasteiger partial charge in [0, 0.05) is 5.92 Å². The van der Waals surface area contributed by atoms with Crippen molar-refractivity contribution >= 4 is 11.6 Å². The number of aliphatic hydroxyl groups excluding tert-OH is 1. The predicted octanol–water partition coefficient (Wildman–Crippen LogP) is -0.292. The number of alkyl halides is 1. The van der Waals surface area contributed by atoms with Crippen LogP contribution in [0.3, 0.4) is 0 Å². The van der Waals surface area contributed by atoms with Gasteiger partial charge in [0.1, 0.15) is 5.60 Å². The Hall–Kier alpha value is 0.130. The summed E-state index contributed by atoms with van der Waals surface area (Å²) in [6.07, 6.45) is -0.267. The summed E-state index contributed by atoms with van der Waals surface area (Å²) in [6, 6.07) is 0. The number of ether oxygens (including phenoxy) is 2. The van der Waals surface area contributed by atoms with Gasteiger partial charge in [-0.2, -0.15) is 0 Å². The molecule has 0 aromatic rings. The Bertz CT molecular complexity index is 261. The maximum atomic E-state index is 10.3. The molecule has 3 rings (SSSR count). The molecule has 0 bridgehead atoms. The molecule has 0 amide bonds. The van der Waals surface area contributed by atoms with E-state index in [-0.39, 0.29) is 24.7 Å². The Kier molecular flexibility index (Phi) is 1.89. The van der Waals surface area contributed by atoms with E-state index in [1.165, 1.54) is 0 Å². The monoisotopic (exact) mass is 220 g/mol. The lowest BCUT2D eigenvalue weighted by molar-refractivity contribution is -0.174. The maximum absolute atomic E-state index is 10.3. The van der Waals surface area contributed by atoms with E-state index >= 15 is 0 Å². The van der Waals surface area contributed by atoms with Crippen LogP contribution in [0.5, 0.6) is 0 Å². The Morgan fingerprint density at radius 3 is 2.93 bits per heavy atom. The summed E-state index contributed by atoms with van der Waals surface area (Å²) in [5, 5.41) is 19.5. The highest BCUT2D eigenvalue weighted by Gasteiger charge is 2.66. The van der Waals surface area contributed by atoms with Crippen molar-refractivity contribution in [2.75, 3.05) is 13.2 Å². The van der Waals surface area contributed by atoms with E-state index < -0.39 is 17.1 Å². The lowest BCUT2D eigenvalue weighted by Crippen LogP contribution is -2.44. The summed E-state index contributed by atoms with van der Waals surface area (Å²) >= 11 is 6.04. The van der Waals surface area contributed by atoms with Crippen LogP contribution in [0.2, 0.25) is 0 Å². The lowest BCUT2D eigenvalue weighted by Gasteiger charge is -2.32. The molecule has 2 heterocycles. The van der Waals surface area contributed by atoms with Crippen LogP contribution in [0, 0.1) is 11.8 Å². The van der Waals surface area contributed by atoms with Crippen LogP contribution in [0.4, 0.5) is 0 Å². The van der Waals surface area contributed by atoms with Gasteiger partial charge in [-0.15, -0.1) is 11.6 Å². The lowest BCUT2D eigenvalue weighted by atomic mass is 9.84. The highest BCUT2D eigenvalue weighted by atomic mass is 35.5. The van der Waals surface area contributed by atoms with Gasteiger partial charge >= 0.3 is 0 Å². The molecule has 0 spiro atoms. The smallest absolute Gasteiger partial charge is 0.163 e. The van der Waals surface area contributed by atoms with Gasteiger partial charge in [0.05, 0.1) is 24.7 Å². The molecule has 0 radical (unpaired) electrons. The van der Waals surface area contributed by atoms with Crippen LogP contribution >= 0.6 is 11.6 Å². The van der Waals surface area contributed by atoms with Gasteiger partial charge in [-0.3, -0.25) is 0 Å². The second kappa shape index (κ2) is 2.83. The topological polar surface area (TPSA) is 58.9 Å². The Balaban J connectivity index is 2.00. The van der Waals surface area contributed by atoms with Crippen molar-refractivity contribution in [3.05, 3.63) is 0 Å². The first-order valence-corrected chi connectivity index (χ1v) is 5.36. The van der Waals surface area contributed by atoms with Crippen LogP contribution < -0.4 is 0 Å². The van der Waals surface area contributed by atoms with E-state index in [2.05, 4.69) is 0 Å². The van der Waals surface area contributed by atoms with Crippen molar-refractivity contribution < 1.29 is 19.7 Å². The molecule has 3 aliphatic rings. The largest absolute Gasteiger partial charge is 0.391 e. The third kappa shape index (κ3) is 0.933. The molecule has 0 aromatic heterocycles. The Labute approximate surface area is 86.8 Å². The average Bonchev–Trinajstić information content (AvgIpc) is 2.63. The van der Waals surface area contributed by atoms with Gasteiger partial charge in [-0.1, -0.05) is 0 Å². The minimum atomic E-state index is -1.10. The molecular weight excluding hydrogens is 208 g/mol. The fraction of sp³-hybridized carbons (Fsp3) is 1.00. The second-order valence-electron chi connectivity index (χ2n) is 4.41. The van der Waals surface area contributed by atoms with E-state index in [4.69, 9.17) is 21.1 Å². The zero-order valence-electron chi connectivity index (χ0n) is 7.60. The van der Waals surface area contributed by atoms with E-state index in [1.54, 1.807) is 0 Å². The SMILES string of the molecule is O[C@@H]1C2CCOC3OC[C@@](O)(C32)[C@@H]1Cl. The molecule has 1 aliphatic carbocycles. The molecule has 80 valence electrons. The van der Waals surface area contributed by atoms with Crippen molar-refractivity contribution in [1.82, 2.24) is 0 Å². The summed E-state index contributed by atoms with van der Waals surface area (Å²) in [5.41, 5.74) is -1.10. The molecule has 6 atom stereocenters. The molecule has 1 saturated carbocycles. The minimum absolute atomic E-state index is 0.0174. The van der Waals surface area contributed by atoms with Crippen LogP contribution in [0.25, 0.3) is 0 Å². The molecule has 5 heteroatoms. The zero-order valence-corrected chi connectivity index (χ0v) is 8.35. The van der Waals surface area contributed by atoms with Crippen LogP contribution in [-0.4, -0.2) is 46.8 Å². The van der Waals surface area contributed by atoms with Crippen molar-refractivity contribution in [3.8, 4) is 0 Å². The van der Waals surface area contributed by atoms with E-state index in [0.29, 0.717) is 6.61 Å². The van der Waals surface area contributed by atoms with Crippen molar-refractivity contribution in [1.29, 1.82) is 0 Å². The quantitative estimate of drug-likeness (QED) is 0.551. The summed E-state index contributed by atoms with van der Waals surface area (Å²) in [4.78, 5) is 0.